The highest BCUT2D eigenvalue weighted by atomic mass is 32.2. The highest BCUT2D eigenvalue weighted by Crippen LogP contribution is 2.21. The number of aromatic nitrogens is 1. The molecule has 1 aromatic carbocycles. The van der Waals surface area contributed by atoms with E-state index in [1.807, 2.05) is 0 Å². The van der Waals surface area contributed by atoms with Crippen LogP contribution in [0.5, 0.6) is 0 Å². The summed E-state index contributed by atoms with van der Waals surface area (Å²) < 4.78 is 39.5. The Labute approximate surface area is 120 Å². The maximum absolute atomic E-state index is 13.1. The summed E-state index contributed by atoms with van der Waals surface area (Å²) in [6.45, 7) is 1.62. The molecule has 0 spiro atoms. The van der Waals surface area contributed by atoms with Gasteiger partial charge in [0.2, 0.25) is 0 Å². The number of hydrogen-bond donors (Lipinski definition) is 2. The topological polar surface area (TPSA) is 96.4 Å². The van der Waals surface area contributed by atoms with Gasteiger partial charge in [-0.1, -0.05) is 6.07 Å². The maximum Gasteiger partial charge on any atom is 0.335 e. The number of aromatic carboxylic acids is 1. The van der Waals surface area contributed by atoms with E-state index in [2.05, 4.69) is 9.71 Å². The van der Waals surface area contributed by atoms with Crippen LogP contribution in [-0.4, -0.2) is 24.5 Å². The van der Waals surface area contributed by atoms with Crippen molar-refractivity contribution >= 4 is 21.7 Å². The van der Waals surface area contributed by atoms with E-state index < -0.39 is 21.8 Å². The van der Waals surface area contributed by atoms with Crippen LogP contribution in [0.1, 0.15) is 15.9 Å². The second-order valence-corrected chi connectivity index (χ2v) is 5.96. The minimum Gasteiger partial charge on any atom is -0.478 e. The Morgan fingerprint density at radius 2 is 2.00 bits per heavy atom. The lowest BCUT2D eigenvalue weighted by Crippen LogP contribution is -2.15. The van der Waals surface area contributed by atoms with Crippen LogP contribution in [0.15, 0.2) is 41.6 Å². The summed E-state index contributed by atoms with van der Waals surface area (Å²) in [7, 11) is -4.05. The number of carbonyl (C=O) groups is 1. The molecule has 0 atom stereocenters. The summed E-state index contributed by atoms with van der Waals surface area (Å²) in [6, 6.07) is 4.86. The quantitative estimate of drug-likeness (QED) is 0.900. The lowest BCUT2D eigenvalue weighted by atomic mass is 10.1. The molecule has 0 radical (unpaired) electrons. The first-order chi connectivity index (χ1) is 9.79. The summed E-state index contributed by atoms with van der Waals surface area (Å²) in [5.41, 5.74) is 0.586. The number of pyridine rings is 1. The number of halogens is 1. The lowest BCUT2D eigenvalue weighted by Gasteiger charge is -2.11. The standard InChI is InChI=1S/C13H11FN2O4S/c1-8-2-3-9(13(17)18)4-12(8)16-21(19,20)11-5-10(14)6-15-7-11/h2-7,16H,1H3,(H,17,18). The van der Waals surface area contributed by atoms with Gasteiger partial charge < -0.3 is 5.11 Å². The minimum atomic E-state index is -4.05. The Hall–Kier alpha value is -2.48. The van der Waals surface area contributed by atoms with E-state index in [1.165, 1.54) is 18.2 Å². The zero-order valence-corrected chi connectivity index (χ0v) is 11.7. The summed E-state index contributed by atoms with van der Waals surface area (Å²) in [5.74, 6) is -1.96. The highest BCUT2D eigenvalue weighted by Gasteiger charge is 2.17. The average molecular weight is 310 g/mol. The molecule has 0 bridgehead atoms. The summed E-state index contributed by atoms with van der Waals surface area (Å²) >= 11 is 0. The van der Waals surface area contributed by atoms with Gasteiger partial charge in [-0.3, -0.25) is 9.71 Å². The molecular formula is C13H11FN2O4S. The van der Waals surface area contributed by atoms with Gasteiger partial charge in [0.1, 0.15) is 10.7 Å². The molecule has 8 heteroatoms. The first kappa shape index (κ1) is 14.9. The van der Waals surface area contributed by atoms with Crippen molar-refractivity contribution in [3.05, 3.63) is 53.6 Å². The molecule has 2 aromatic rings. The van der Waals surface area contributed by atoms with Crippen LogP contribution in [0, 0.1) is 12.7 Å². The average Bonchev–Trinajstić information content (AvgIpc) is 2.41. The molecule has 110 valence electrons. The van der Waals surface area contributed by atoms with Crippen molar-refractivity contribution in [1.29, 1.82) is 0 Å². The van der Waals surface area contributed by atoms with Crippen molar-refractivity contribution in [2.45, 2.75) is 11.8 Å². The van der Waals surface area contributed by atoms with E-state index in [-0.39, 0.29) is 16.1 Å². The number of benzene rings is 1. The molecule has 1 heterocycles. The van der Waals surface area contributed by atoms with Crippen molar-refractivity contribution in [1.82, 2.24) is 4.98 Å². The van der Waals surface area contributed by atoms with E-state index in [1.54, 1.807) is 6.92 Å². The summed E-state index contributed by atoms with van der Waals surface area (Å²) in [6.07, 6.45) is 1.89. The zero-order valence-electron chi connectivity index (χ0n) is 10.9. The third-order valence-electron chi connectivity index (χ3n) is 2.72. The Morgan fingerprint density at radius 1 is 1.29 bits per heavy atom. The second-order valence-electron chi connectivity index (χ2n) is 4.28. The predicted octanol–water partition coefficient (Wildman–Crippen LogP) is 2.03. The van der Waals surface area contributed by atoms with Gasteiger partial charge in [0.15, 0.2) is 0 Å². The van der Waals surface area contributed by atoms with E-state index >= 15 is 0 Å². The van der Waals surface area contributed by atoms with Crippen molar-refractivity contribution in [3.63, 3.8) is 0 Å². The van der Waals surface area contributed by atoms with Crippen LogP contribution < -0.4 is 4.72 Å². The number of aryl methyl sites for hydroxylation is 1. The number of nitrogens with one attached hydrogen (secondary N) is 1. The van der Waals surface area contributed by atoms with Gasteiger partial charge in [0, 0.05) is 6.20 Å². The Bertz CT molecular complexity index is 806. The largest absolute Gasteiger partial charge is 0.478 e. The Balaban J connectivity index is 2.41. The number of carboxylic acid groups (broad SMARTS) is 1. The highest BCUT2D eigenvalue weighted by molar-refractivity contribution is 7.92. The smallest absolute Gasteiger partial charge is 0.335 e. The molecule has 1 aromatic heterocycles. The normalized spacial score (nSPS) is 11.1. The molecule has 0 aliphatic carbocycles. The molecule has 0 aliphatic heterocycles. The predicted molar refractivity (Wildman–Crippen MR) is 73.1 cm³/mol. The van der Waals surface area contributed by atoms with Crippen LogP contribution >= 0.6 is 0 Å². The van der Waals surface area contributed by atoms with Crippen LogP contribution in [0.25, 0.3) is 0 Å². The first-order valence-corrected chi connectivity index (χ1v) is 7.25. The number of sulfonamides is 1. The lowest BCUT2D eigenvalue weighted by molar-refractivity contribution is 0.0697. The fraction of sp³-hybridized carbons (Fsp3) is 0.0769. The van der Waals surface area contributed by atoms with Crippen LogP contribution in [-0.2, 0) is 10.0 Å². The summed E-state index contributed by atoms with van der Waals surface area (Å²) in [4.78, 5) is 14.0. The fourth-order valence-electron chi connectivity index (χ4n) is 1.61. The molecule has 0 saturated heterocycles. The van der Waals surface area contributed by atoms with Gasteiger partial charge in [0.25, 0.3) is 10.0 Å². The third-order valence-corrected chi connectivity index (χ3v) is 4.05. The van der Waals surface area contributed by atoms with E-state index in [4.69, 9.17) is 5.11 Å². The molecule has 0 saturated carbocycles. The van der Waals surface area contributed by atoms with Crippen LogP contribution in [0.3, 0.4) is 0 Å². The number of hydrogen-bond acceptors (Lipinski definition) is 4. The second kappa shape index (κ2) is 5.49. The van der Waals surface area contributed by atoms with Gasteiger partial charge in [0.05, 0.1) is 17.4 Å². The molecule has 0 amide bonds. The van der Waals surface area contributed by atoms with Crippen LogP contribution in [0.4, 0.5) is 10.1 Å². The van der Waals surface area contributed by atoms with E-state index in [0.717, 1.165) is 18.5 Å². The number of nitrogens with zero attached hydrogens (tertiary/aromatic N) is 1. The SMILES string of the molecule is Cc1ccc(C(=O)O)cc1NS(=O)(=O)c1cncc(F)c1. The van der Waals surface area contributed by atoms with Crippen molar-refractivity contribution in [2.24, 2.45) is 0 Å². The monoisotopic (exact) mass is 310 g/mol. The Morgan fingerprint density at radius 3 is 2.62 bits per heavy atom. The van der Waals surface area contributed by atoms with Gasteiger partial charge in [-0.05, 0) is 30.7 Å². The van der Waals surface area contributed by atoms with Gasteiger partial charge in [-0.15, -0.1) is 0 Å². The van der Waals surface area contributed by atoms with Crippen molar-refractivity contribution in [3.8, 4) is 0 Å². The van der Waals surface area contributed by atoms with Crippen LogP contribution in [0.2, 0.25) is 0 Å². The maximum atomic E-state index is 13.1. The van der Waals surface area contributed by atoms with Gasteiger partial charge >= 0.3 is 5.97 Å². The molecule has 0 aliphatic rings. The number of anilines is 1. The summed E-state index contributed by atoms with van der Waals surface area (Å²) in [5, 5.41) is 8.92. The van der Waals surface area contributed by atoms with Gasteiger partial charge in [-0.2, -0.15) is 0 Å². The molecule has 0 fully saturated rings. The van der Waals surface area contributed by atoms with E-state index in [9.17, 15) is 17.6 Å². The molecule has 0 unspecified atom stereocenters. The van der Waals surface area contributed by atoms with Crippen molar-refractivity contribution in [2.75, 3.05) is 4.72 Å². The third kappa shape index (κ3) is 3.34. The Kier molecular flexibility index (Phi) is 3.90. The zero-order chi connectivity index (χ0) is 15.6. The number of carboxylic acids is 1. The van der Waals surface area contributed by atoms with Gasteiger partial charge in [-0.25, -0.2) is 17.6 Å². The molecule has 2 rings (SSSR count). The first-order valence-electron chi connectivity index (χ1n) is 5.77. The number of rotatable bonds is 4. The molecule has 2 N–H and O–H groups in total. The van der Waals surface area contributed by atoms with E-state index in [0.29, 0.717) is 5.56 Å². The molecule has 21 heavy (non-hydrogen) atoms. The fourth-order valence-corrected chi connectivity index (χ4v) is 2.70. The molecule has 6 nitrogen and oxygen atoms in total. The van der Waals surface area contributed by atoms with Crippen molar-refractivity contribution < 1.29 is 22.7 Å². The molecular weight excluding hydrogens is 299 g/mol. The minimum absolute atomic E-state index is 0.0596.